The van der Waals surface area contributed by atoms with Crippen LogP contribution >= 0.6 is 23.1 Å². The van der Waals surface area contributed by atoms with E-state index in [1.165, 1.54) is 24.6 Å². The zero-order valence-corrected chi connectivity index (χ0v) is 19.8. The van der Waals surface area contributed by atoms with E-state index in [1.807, 2.05) is 25.1 Å². The second kappa shape index (κ2) is 9.05. The molecule has 166 valence electrons. The number of thiophene rings is 1. The lowest BCUT2D eigenvalue weighted by atomic mass is 10.1. The molecule has 0 saturated carbocycles. The molecule has 8 nitrogen and oxygen atoms in total. The topological polar surface area (TPSA) is 86.4 Å². The fourth-order valence-electron chi connectivity index (χ4n) is 3.86. The summed E-state index contributed by atoms with van der Waals surface area (Å²) in [6.07, 6.45) is 2.45. The highest BCUT2D eigenvalue weighted by Gasteiger charge is 2.20. The summed E-state index contributed by atoms with van der Waals surface area (Å²) in [5.74, 6) is 2.71. The number of hydrogen-bond acceptors (Lipinski definition) is 10. The van der Waals surface area contributed by atoms with E-state index >= 15 is 0 Å². The first-order valence-corrected chi connectivity index (χ1v) is 12.0. The summed E-state index contributed by atoms with van der Waals surface area (Å²) in [6, 6.07) is 5.88. The van der Waals surface area contributed by atoms with E-state index in [4.69, 9.17) is 18.9 Å². The van der Waals surface area contributed by atoms with Crippen molar-refractivity contribution in [1.29, 1.82) is 0 Å². The minimum absolute atomic E-state index is 0.489. The minimum Gasteiger partial charge on any atom is -0.493 e. The average Bonchev–Trinajstić information content (AvgIpc) is 3.55. The molecule has 0 amide bonds. The monoisotopic (exact) mass is 469 g/mol. The Bertz CT molecular complexity index is 1250. The Morgan fingerprint density at radius 2 is 1.91 bits per heavy atom. The molecule has 4 aromatic rings. The first-order valence-electron chi connectivity index (χ1n) is 10.4. The maximum atomic E-state index is 5.93. The van der Waals surface area contributed by atoms with Crippen molar-refractivity contribution in [2.75, 3.05) is 27.3 Å². The van der Waals surface area contributed by atoms with Crippen LogP contribution in [0.1, 0.15) is 24.6 Å². The molecule has 0 N–H and O–H groups in total. The van der Waals surface area contributed by atoms with E-state index in [0.717, 1.165) is 39.5 Å². The van der Waals surface area contributed by atoms with Crippen molar-refractivity contribution < 1.29 is 13.9 Å². The van der Waals surface area contributed by atoms with Gasteiger partial charge < -0.3 is 13.9 Å². The normalized spacial score (nSPS) is 14.3. The molecule has 0 bridgehead atoms. The SMILES string of the molecule is COc1ccc(-c2csc3nc(C)nc(Sc4nnc(CN5CCCC5)o4)c23)cc1OC. The summed E-state index contributed by atoms with van der Waals surface area (Å²) in [4.78, 5) is 12.6. The second-order valence-corrected chi connectivity index (χ2v) is 9.32. The molecule has 1 fully saturated rings. The van der Waals surface area contributed by atoms with Crippen LogP contribution in [0.25, 0.3) is 21.3 Å². The van der Waals surface area contributed by atoms with Gasteiger partial charge in [0.25, 0.3) is 5.22 Å². The number of aromatic nitrogens is 4. The molecule has 3 aromatic heterocycles. The van der Waals surface area contributed by atoms with Crippen LogP contribution in [0, 0.1) is 6.92 Å². The average molecular weight is 470 g/mol. The number of fused-ring (bicyclic) bond motifs is 1. The van der Waals surface area contributed by atoms with Crippen LogP contribution in [0.4, 0.5) is 0 Å². The van der Waals surface area contributed by atoms with E-state index in [1.54, 1.807) is 25.6 Å². The third-order valence-electron chi connectivity index (χ3n) is 5.40. The predicted molar refractivity (Wildman–Crippen MR) is 124 cm³/mol. The van der Waals surface area contributed by atoms with Gasteiger partial charge in [0.15, 0.2) is 11.5 Å². The van der Waals surface area contributed by atoms with E-state index in [2.05, 4.69) is 25.5 Å². The first-order chi connectivity index (χ1) is 15.6. The van der Waals surface area contributed by atoms with E-state index < -0.39 is 0 Å². The molecule has 0 aliphatic carbocycles. The molecular formula is C22H23N5O3S2. The van der Waals surface area contributed by atoms with Crippen molar-refractivity contribution in [2.45, 2.75) is 36.6 Å². The van der Waals surface area contributed by atoms with Gasteiger partial charge in [-0.3, -0.25) is 4.90 Å². The summed E-state index contributed by atoms with van der Waals surface area (Å²) in [7, 11) is 3.27. The van der Waals surface area contributed by atoms with E-state index in [9.17, 15) is 0 Å². The maximum Gasteiger partial charge on any atom is 0.283 e. The summed E-state index contributed by atoms with van der Waals surface area (Å²) in [6.45, 7) is 4.76. The van der Waals surface area contributed by atoms with Crippen molar-refractivity contribution in [3.8, 4) is 22.6 Å². The molecule has 0 atom stereocenters. The highest BCUT2D eigenvalue weighted by Crippen LogP contribution is 2.42. The Hall–Kier alpha value is -2.69. The van der Waals surface area contributed by atoms with Crippen LogP contribution in [0.3, 0.4) is 0 Å². The smallest absolute Gasteiger partial charge is 0.283 e. The Labute approximate surface area is 194 Å². The van der Waals surface area contributed by atoms with Crippen LogP contribution < -0.4 is 9.47 Å². The Morgan fingerprint density at radius 3 is 2.69 bits per heavy atom. The third kappa shape index (κ3) is 4.17. The van der Waals surface area contributed by atoms with E-state index in [-0.39, 0.29) is 0 Å². The van der Waals surface area contributed by atoms with Gasteiger partial charge in [-0.25, -0.2) is 9.97 Å². The number of nitrogens with zero attached hydrogens (tertiary/aromatic N) is 5. The number of likely N-dealkylation sites (tertiary alicyclic amines) is 1. The summed E-state index contributed by atoms with van der Waals surface area (Å²) in [5, 5.41) is 12.8. The zero-order valence-electron chi connectivity index (χ0n) is 18.1. The summed E-state index contributed by atoms with van der Waals surface area (Å²) in [5.41, 5.74) is 2.04. The Balaban J connectivity index is 1.50. The predicted octanol–water partition coefficient (Wildman–Crippen LogP) is 4.81. The highest BCUT2D eigenvalue weighted by molar-refractivity contribution is 7.99. The molecular weight excluding hydrogens is 446 g/mol. The molecule has 10 heteroatoms. The van der Waals surface area contributed by atoms with Gasteiger partial charge in [-0.05, 0) is 62.3 Å². The molecule has 1 aromatic carbocycles. The molecule has 4 heterocycles. The molecule has 1 aliphatic rings. The van der Waals surface area contributed by atoms with Gasteiger partial charge in [0.1, 0.15) is 15.7 Å². The largest absolute Gasteiger partial charge is 0.493 e. The third-order valence-corrected chi connectivity index (χ3v) is 7.10. The lowest BCUT2D eigenvalue weighted by molar-refractivity contribution is 0.278. The Kier molecular flexibility index (Phi) is 5.99. The summed E-state index contributed by atoms with van der Waals surface area (Å²) < 4.78 is 16.8. The van der Waals surface area contributed by atoms with E-state index in [0.29, 0.717) is 35.0 Å². The van der Waals surface area contributed by atoms with Gasteiger partial charge >= 0.3 is 0 Å². The zero-order chi connectivity index (χ0) is 22.1. The fraction of sp³-hybridized carbons (Fsp3) is 0.364. The van der Waals surface area contributed by atoms with Gasteiger partial charge in [-0.15, -0.1) is 21.5 Å². The van der Waals surface area contributed by atoms with Crippen molar-refractivity contribution in [1.82, 2.24) is 25.1 Å². The number of ether oxygens (including phenoxy) is 2. The fourth-order valence-corrected chi connectivity index (χ4v) is 5.79. The second-order valence-electron chi connectivity index (χ2n) is 7.52. The van der Waals surface area contributed by atoms with Crippen LogP contribution in [0.2, 0.25) is 0 Å². The lowest BCUT2D eigenvalue weighted by Gasteiger charge is -2.10. The molecule has 0 spiro atoms. The van der Waals surface area contributed by atoms with Crippen LogP contribution in [0.15, 0.2) is 38.2 Å². The number of methoxy groups -OCH3 is 2. The molecule has 5 rings (SSSR count). The lowest BCUT2D eigenvalue weighted by Crippen LogP contribution is -2.18. The first kappa shape index (κ1) is 21.2. The van der Waals surface area contributed by atoms with Crippen molar-refractivity contribution in [2.24, 2.45) is 0 Å². The Morgan fingerprint density at radius 1 is 1.09 bits per heavy atom. The van der Waals surface area contributed by atoms with Crippen molar-refractivity contribution >= 4 is 33.3 Å². The summed E-state index contributed by atoms with van der Waals surface area (Å²) >= 11 is 2.97. The molecule has 0 radical (unpaired) electrons. The standard InChI is InChI=1S/C22H23N5O3S2/c1-13-23-20-19(15(12-31-20)14-6-7-16(28-2)17(10-14)29-3)21(24-13)32-22-26-25-18(30-22)11-27-8-4-5-9-27/h6-7,10,12H,4-5,8-9,11H2,1-3H3. The highest BCUT2D eigenvalue weighted by atomic mass is 32.2. The number of rotatable bonds is 7. The van der Waals surface area contributed by atoms with Crippen LogP contribution in [-0.2, 0) is 6.54 Å². The van der Waals surface area contributed by atoms with Crippen molar-refractivity contribution in [3.05, 3.63) is 35.3 Å². The number of benzene rings is 1. The van der Waals surface area contributed by atoms with Crippen LogP contribution in [0.5, 0.6) is 11.5 Å². The van der Waals surface area contributed by atoms with Crippen LogP contribution in [-0.4, -0.2) is 52.4 Å². The van der Waals surface area contributed by atoms with Gasteiger partial charge in [-0.2, -0.15) is 0 Å². The maximum absolute atomic E-state index is 5.93. The van der Waals surface area contributed by atoms with Gasteiger partial charge in [0, 0.05) is 10.9 Å². The molecule has 0 unspecified atom stereocenters. The molecule has 1 saturated heterocycles. The number of aryl methyl sites for hydroxylation is 1. The van der Waals surface area contributed by atoms with Crippen molar-refractivity contribution in [3.63, 3.8) is 0 Å². The van der Waals surface area contributed by atoms with Gasteiger partial charge in [0.05, 0.1) is 26.2 Å². The van der Waals surface area contributed by atoms with Gasteiger partial charge in [0.2, 0.25) is 5.89 Å². The van der Waals surface area contributed by atoms with Gasteiger partial charge in [-0.1, -0.05) is 6.07 Å². The number of hydrogen-bond donors (Lipinski definition) is 0. The molecule has 1 aliphatic heterocycles. The molecule has 32 heavy (non-hydrogen) atoms. The quantitative estimate of drug-likeness (QED) is 0.354. The minimum atomic E-state index is 0.489.